The molecule has 0 spiro atoms. The summed E-state index contributed by atoms with van der Waals surface area (Å²) in [6, 6.07) is 15.2. The lowest BCUT2D eigenvalue weighted by molar-refractivity contribution is -0.117. The summed E-state index contributed by atoms with van der Waals surface area (Å²) in [5.74, 6) is -0.330. The number of pyridine rings is 1. The highest BCUT2D eigenvalue weighted by molar-refractivity contribution is 6.43. The normalized spacial score (nSPS) is 12.0. The topological polar surface area (TPSA) is 59.8 Å². The van der Waals surface area contributed by atoms with Gasteiger partial charge in [-0.15, -0.1) is 0 Å². The lowest BCUT2D eigenvalue weighted by Gasteiger charge is -2.13. The molecule has 0 aliphatic heterocycles. The number of hydrogen-bond donors (Lipinski definition) is 1. The Morgan fingerprint density at radius 2 is 1.86 bits per heavy atom. The van der Waals surface area contributed by atoms with Gasteiger partial charge in [0, 0.05) is 23.3 Å². The summed E-state index contributed by atoms with van der Waals surface area (Å²) in [6.07, 6.45) is 3.59. The summed E-state index contributed by atoms with van der Waals surface area (Å²) >= 11 is 0. The Bertz CT molecular complexity index is 973. The van der Waals surface area contributed by atoms with Crippen molar-refractivity contribution in [2.75, 3.05) is 6.61 Å². The van der Waals surface area contributed by atoms with Crippen LogP contribution in [0.3, 0.4) is 0 Å². The number of fused-ring (bicyclic) bond motifs is 1. The first-order valence-corrected chi connectivity index (χ1v) is 9.73. The van der Waals surface area contributed by atoms with Crippen LogP contribution in [0.25, 0.3) is 16.6 Å². The van der Waals surface area contributed by atoms with Crippen LogP contribution in [-0.2, 0) is 4.79 Å². The number of carbonyl (C=O) groups excluding carboxylic acids is 2. The van der Waals surface area contributed by atoms with Crippen LogP contribution >= 0.6 is 0 Å². The average molecular weight is 378 g/mol. The Kier molecular flexibility index (Phi) is 6.14. The fraction of sp³-hybridized carbons (Fsp3) is 0.304. The molecule has 1 aromatic carbocycles. The van der Waals surface area contributed by atoms with Gasteiger partial charge in [-0.05, 0) is 56.2 Å². The summed E-state index contributed by atoms with van der Waals surface area (Å²) in [7, 11) is 0. The predicted molar refractivity (Wildman–Crippen MR) is 111 cm³/mol. The molecule has 5 nitrogen and oxygen atoms in total. The van der Waals surface area contributed by atoms with E-state index in [1.807, 2.05) is 68.6 Å². The molecule has 0 aliphatic carbocycles. The zero-order valence-electron chi connectivity index (χ0n) is 16.6. The highest BCUT2D eigenvalue weighted by atomic mass is 16.5. The first-order valence-electron chi connectivity index (χ1n) is 9.73. The molecule has 0 bridgehead atoms. The molecule has 0 saturated carbocycles. The van der Waals surface area contributed by atoms with Crippen molar-refractivity contribution in [3.8, 4) is 16.9 Å². The monoisotopic (exact) mass is 378 g/mol. The fourth-order valence-electron chi connectivity index (χ4n) is 3.37. The molecule has 0 fully saturated rings. The molecule has 3 aromatic rings. The molecule has 1 amide bonds. The van der Waals surface area contributed by atoms with Gasteiger partial charge >= 0.3 is 0 Å². The van der Waals surface area contributed by atoms with E-state index in [1.54, 1.807) is 4.40 Å². The van der Waals surface area contributed by atoms with E-state index in [4.69, 9.17) is 4.74 Å². The molecule has 0 unspecified atom stereocenters. The average Bonchev–Trinajstić information content (AvgIpc) is 3.07. The minimum absolute atomic E-state index is 0.0402. The second-order valence-electron chi connectivity index (χ2n) is 6.85. The molecule has 0 aliphatic rings. The Labute approximate surface area is 165 Å². The molecule has 1 atom stereocenters. The van der Waals surface area contributed by atoms with Crippen molar-refractivity contribution in [1.29, 1.82) is 0 Å². The van der Waals surface area contributed by atoms with Crippen molar-refractivity contribution in [2.45, 2.75) is 39.7 Å². The highest BCUT2D eigenvalue weighted by Gasteiger charge is 2.25. The standard InChI is InChI=1S/C23H26N2O3/c1-4-8-16(3)24-23(27)22(26)21-20(15-18-9-6-7-14-25(18)21)17-10-12-19(13-11-17)28-5-2/h6-7,9-16H,4-5,8H2,1-3H3,(H,24,27)/t16-/m0/s1. The SMILES string of the molecule is CCC[C@H](C)NC(=O)C(=O)c1c(-c2ccc(OCC)cc2)cc2ccccn12. The van der Waals surface area contributed by atoms with Crippen LogP contribution in [0.4, 0.5) is 0 Å². The minimum atomic E-state index is -0.572. The third kappa shape index (κ3) is 4.09. The first kappa shape index (κ1) is 19.7. The van der Waals surface area contributed by atoms with E-state index in [0.717, 1.165) is 35.2 Å². The Morgan fingerprint density at radius 1 is 1.11 bits per heavy atom. The van der Waals surface area contributed by atoms with Gasteiger partial charge in [0.2, 0.25) is 0 Å². The lowest BCUT2D eigenvalue weighted by Crippen LogP contribution is -2.38. The summed E-state index contributed by atoms with van der Waals surface area (Å²) in [6.45, 7) is 6.49. The van der Waals surface area contributed by atoms with Crippen LogP contribution in [0.2, 0.25) is 0 Å². The maximum atomic E-state index is 13.1. The molecule has 3 rings (SSSR count). The number of benzene rings is 1. The van der Waals surface area contributed by atoms with Crippen LogP contribution < -0.4 is 10.1 Å². The summed E-state index contributed by atoms with van der Waals surface area (Å²) in [5, 5.41) is 2.82. The quantitative estimate of drug-likeness (QED) is 0.464. The molecule has 146 valence electrons. The van der Waals surface area contributed by atoms with Gasteiger partial charge in [0.1, 0.15) is 11.4 Å². The van der Waals surface area contributed by atoms with Gasteiger partial charge in [-0.25, -0.2) is 0 Å². The molecule has 0 radical (unpaired) electrons. The minimum Gasteiger partial charge on any atom is -0.494 e. The maximum absolute atomic E-state index is 13.1. The molecule has 2 aromatic heterocycles. The van der Waals surface area contributed by atoms with Crippen LogP contribution in [-0.4, -0.2) is 28.7 Å². The highest BCUT2D eigenvalue weighted by Crippen LogP contribution is 2.29. The second-order valence-corrected chi connectivity index (χ2v) is 6.85. The maximum Gasteiger partial charge on any atom is 0.294 e. The third-order valence-electron chi connectivity index (χ3n) is 4.68. The van der Waals surface area contributed by atoms with E-state index in [2.05, 4.69) is 12.2 Å². The Morgan fingerprint density at radius 3 is 2.54 bits per heavy atom. The number of amides is 1. The van der Waals surface area contributed by atoms with Gasteiger partial charge in [-0.3, -0.25) is 9.59 Å². The van der Waals surface area contributed by atoms with E-state index in [9.17, 15) is 9.59 Å². The van der Waals surface area contributed by atoms with Crippen molar-refractivity contribution >= 4 is 17.2 Å². The van der Waals surface area contributed by atoms with Gasteiger partial charge < -0.3 is 14.5 Å². The molecule has 5 heteroatoms. The van der Waals surface area contributed by atoms with Gasteiger partial charge in [0.15, 0.2) is 0 Å². The summed E-state index contributed by atoms with van der Waals surface area (Å²) in [4.78, 5) is 25.7. The van der Waals surface area contributed by atoms with Gasteiger partial charge in [-0.2, -0.15) is 0 Å². The van der Waals surface area contributed by atoms with Gasteiger partial charge in [0.05, 0.1) is 6.61 Å². The van der Waals surface area contributed by atoms with Crippen LogP contribution in [0.5, 0.6) is 5.75 Å². The number of hydrogen-bond acceptors (Lipinski definition) is 3. The van der Waals surface area contributed by atoms with E-state index in [-0.39, 0.29) is 6.04 Å². The second kappa shape index (κ2) is 8.74. The van der Waals surface area contributed by atoms with Gasteiger partial charge in [-0.1, -0.05) is 31.5 Å². The van der Waals surface area contributed by atoms with Crippen molar-refractivity contribution in [2.24, 2.45) is 0 Å². The predicted octanol–water partition coefficient (Wildman–Crippen LogP) is 4.49. The van der Waals surface area contributed by atoms with Crippen LogP contribution in [0, 0.1) is 0 Å². The third-order valence-corrected chi connectivity index (χ3v) is 4.68. The Hall–Kier alpha value is -3.08. The molecule has 0 saturated heterocycles. The van der Waals surface area contributed by atoms with Crippen LogP contribution in [0.1, 0.15) is 44.1 Å². The molecular weight excluding hydrogens is 352 g/mol. The summed E-state index contributed by atoms with van der Waals surface area (Å²) < 4.78 is 7.28. The van der Waals surface area contributed by atoms with Crippen LogP contribution in [0.15, 0.2) is 54.7 Å². The van der Waals surface area contributed by atoms with Crippen molar-refractivity contribution in [1.82, 2.24) is 9.72 Å². The number of ketones is 1. The smallest absolute Gasteiger partial charge is 0.294 e. The zero-order valence-corrected chi connectivity index (χ0v) is 16.6. The first-order chi connectivity index (χ1) is 13.5. The zero-order chi connectivity index (χ0) is 20.1. The molecular formula is C23H26N2O3. The summed E-state index contributed by atoms with van der Waals surface area (Å²) in [5.41, 5.74) is 2.84. The number of Topliss-reactive ketones (excluding diaryl/α,β-unsaturated/α-hetero) is 1. The van der Waals surface area contributed by atoms with Gasteiger partial charge in [0.25, 0.3) is 11.7 Å². The largest absolute Gasteiger partial charge is 0.494 e. The number of ether oxygens (including phenoxy) is 1. The van der Waals surface area contributed by atoms with E-state index >= 15 is 0 Å². The van der Waals surface area contributed by atoms with E-state index in [0.29, 0.717) is 12.3 Å². The van der Waals surface area contributed by atoms with E-state index in [1.165, 1.54) is 0 Å². The number of aromatic nitrogens is 1. The van der Waals surface area contributed by atoms with Crippen molar-refractivity contribution in [3.05, 3.63) is 60.4 Å². The number of nitrogens with one attached hydrogen (secondary N) is 1. The van der Waals surface area contributed by atoms with Crippen molar-refractivity contribution in [3.63, 3.8) is 0 Å². The molecule has 1 N–H and O–H groups in total. The van der Waals surface area contributed by atoms with E-state index < -0.39 is 11.7 Å². The lowest BCUT2D eigenvalue weighted by atomic mass is 10.0. The molecule has 2 heterocycles. The Balaban J connectivity index is 2.02. The number of rotatable bonds is 8. The van der Waals surface area contributed by atoms with Crippen molar-refractivity contribution < 1.29 is 14.3 Å². The number of carbonyl (C=O) groups is 2. The number of nitrogens with zero attached hydrogens (tertiary/aromatic N) is 1. The fourth-order valence-corrected chi connectivity index (χ4v) is 3.37. The molecule has 28 heavy (non-hydrogen) atoms.